The number of amides is 7. The maximum absolute atomic E-state index is 13.7. The van der Waals surface area contributed by atoms with Gasteiger partial charge in [0.25, 0.3) is 0 Å². The van der Waals surface area contributed by atoms with Crippen LogP contribution in [0.3, 0.4) is 0 Å². The van der Waals surface area contributed by atoms with Crippen molar-refractivity contribution in [1.82, 2.24) is 21.3 Å². The van der Waals surface area contributed by atoms with Gasteiger partial charge >= 0.3 is 12.0 Å². The van der Waals surface area contributed by atoms with Gasteiger partial charge in [0.1, 0.15) is 18.7 Å². The van der Waals surface area contributed by atoms with E-state index in [-0.39, 0.29) is 75.7 Å². The first-order valence-corrected chi connectivity index (χ1v) is 22.7. The van der Waals surface area contributed by atoms with E-state index in [2.05, 4.69) is 33.2 Å². The Balaban J connectivity index is 1.52. The Morgan fingerprint density at radius 3 is 2.10 bits per heavy atom. The molecule has 7 amide bonds. The number of urea groups is 1. The zero-order valence-electron chi connectivity index (χ0n) is 40.4. The fourth-order valence-electron chi connectivity index (χ4n) is 7.05. The third-order valence-corrected chi connectivity index (χ3v) is 10.8. The van der Waals surface area contributed by atoms with Crippen molar-refractivity contribution in [3.8, 4) is 0 Å². The molecule has 0 bridgehead atoms. The number of aryl methyl sites for hydroxylation is 1. The van der Waals surface area contributed by atoms with E-state index in [1.807, 2.05) is 83.1 Å². The summed E-state index contributed by atoms with van der Waals surface area (Å²) in [7, 11) is 0. The summed E-state index contributed by atoms with van der Waals surface area (Å²) in [5.41, 5.74) is 8.86. The minimum atomic E-state index is -1.02. The summed E-state index contributed by atoms with van der Waals surface area (Å²) in [5.74, 6) is -2.62. The van der Waals surface area contributed by atoms with Gasteiger partial charge in [0.2, 0.25) is 29.5 Å². The SMILES string of the molecule is C=Cc1ccccc1CN(C(=O)CCC(=O)NCC(C)(C)COCC(C)(C)CC(=O)N[C@H](C(=O)N[C@@H](CCCNC(N)=O)C(=O)Nc1ccc(COC(C)=O)cc1)C(C)C)c1ccccc1C. The van der Waals surface area contributed by atoms with Crippen LogP contribution in [0.2, 0.25) is 0 Å². The Labute approximate surface area is 395 Å². The van der Waals surface area contributed by atoms with Crippen LogP contribution >= 0.6 is 0 Å². The number of nitrogens with zero attached hydrogens (tertiary/aromatic N) is 1. The van der Waals surface area contributed by atoms with Crippen molar-refractivity contribution in [3.63, 3.8) is 0 Å². The monoisotopic (exact) mass is 926 g/mol. The van der Waals surface area contributed by atoms with Crippen molar-refractivity contribution in [1.29, 1.82) is 0 Å². The van der Waals surface area contributed by atoms with Crippen molar-refractivity contribution in [2.24, 2.45) is 22.5 Å². The van der Waals surface area contributed by atoms with Crippen molar-refractivity contribution < 1.29 is 43.0 Å². The second-order valence-electron chi connectivity index (χ2n) is 18.7. The second kappa shape index (κ2) is 26.6. The van der Waals surface area contributed by atoms with Gasteiger partial charge < -0.3 is 46.7 Å². The predicted octanol–water partition coefficient (Wildman–Crippen LogP) is 6.30. The summed E-state index contributed by atoms with van der Waals surface area (Å²) >= 11 is 0. The molecule has 0 aliphatic rings. The Morgan fingerprint density at radius 1 is 0.806 bits per heavy atom. The lowest BCUT2D eigenvalue weighted by molar-refractivity contribution is -0.142. The van der Waals surface area contributed by atoms with Crippen molar-refractivity contribution in [2.75, 3.05) is 36.5 Å². The average Bonchev–Trinajstić information content (AvgIpc) is 3.26. The molecular weight excluding hydrogens is 855 g/mol. The summed E-state index contributed by atoms with van der Waals surface area (Å²) < 4.78 is 11.1. The molecular formula is C51H71N7O9. The lowest BCUT2D eigenvalue weighted by atomic mass is 9.89. The molecule has 2 atom stereocenters. The van der Waals surface area contributed by atoms with Gasteiger partial charge in [0.05, 0.1) is 19.8 Å². The average molecular weight is 926 g/mol. The molecule has 3 aromatic carbocycles. The smallest absolute Gasteiger partial charge is 0.312 e. The van der Waals surface area contributed by atoms with Gasteiger partial charge in [-0.25, -0.2) is 4.79 Å². The molecule has 0 radical (unpaired) electrons. The summed E-state index contributed by atoms with van der Waals surface area (Å²) in [6.45, 7) is 19.8. The number of ether oxygens (including phenoxy) is 2. The molecule has 364 valence electrons. The third-order valence-electron chi connectivity index (χ3n) is 10.8. The van der Waals surface area contributed by atoms with E-state index in [0.29, 0.717) is 25.2 Å². The van der Waals surface area contributed by atoms with Crippen molar-refractivity contribution in [2.45, 2.75) is 113 Å². The molecule has 0 aromatic heterocycles. The molecule has 0 fully saturated rings. The van der Waals surface area contributed by atoms with Crippen LogP contribution < -0.4 is 37.2 Å². The molecule has 7 N–H and O–H groups in total. The van der Waals surface area contributed by atoms with Gasteiger partial charge in [0, 0.05) is 56.1 Å². The third kappa shape index (κ3) is 19.8. The highest BCUT2D eigenvalue weighted by Gasteiger charge is 2.32. The summed E-state index contributed by atoms with van der Waals surface area (Å²) in [6, 6.07) is 19.4. The highest BCUT2D eigenvalue weighted by molar-refractivity contribution is 5.99. The Kier molecular flexibility index (Phi) is 21.7. The van der Waals surface area contributed by atoms with E-state index < -0.39 is 46.7 Å². The highest BCUT2D eigenvalue weighted by atomic mass is 16.5. The minimum absolute atomic E-state index is 0.0107. The number of primary amides is 1. The number of para-hydroxylation sites is 1. The fraction of sp³-hybridized carbons (Fsp3) is 0.471. The normalized spacial score (nSPS) is 12.3. The van der Waals surface area contributed by atoms with E-state index in [0.717, 1.165) is 27.9 Å². The quantitative estimate of drug-likeness (QED) is 0.0372. The molecule has 3 aromatic rings. The van der Waals surface area contributed by atoms with Crippen LogP contribution in [0, 0.1) is 23.7 Å². The van der Waals surface area contributed by atoms with Crippen LogP contribution in [-0.4, -0.2) is 79.9 Å². The van der Waals surface area contributed by atoms with Gasteiger partial charge in [-0.1, -0.05) is 109 Å². The van der Waals surface area contributed by atoms with E-state index in [4.69, 9.17) is 15.2 Å². The molecule has 0 saturated carbocycles. The van der Waals surface area contributed by atoms with Crippen LogP contribution in [-0.2, 0) is 51.4 Å². The molecule has 16 heteroatoms. The Bertz CT molecular complexity index is 2170. The highest BCUT2D eigenvalue weighted by Crippen LogP contribution is 2.26. The lowest BCUT2D eigenvalue weighted by Crippen LogP contribution is -2.55. The zero-order valence-corrected chi connectivity index (χ0v) is 40.4. The van der Waals surface area contributed by atoms with E-state index in [9.17, 15) is 33.6 Å². The maximum Gasteiger partial charge on any atom is 0.312 e. The van der Waals surface area contributed by atoms with Crippen LogP contribution in [0.1, 0.15) is 103 Å². The Morgan fingerprint density at radius 2 is 1.46 bits per heavy atom. The molecule has 3 rings (SSSR count). The largest absolute Gasteiger partial charge is 0.461 e. The number of hydrogen-bond donors (Lipinski definition) is 6. The van der Waals surface area contributed by atoms with E-state index in [1.165, 1.54) is 6.92 Å². The summed E-state index contributed by atoms with van der Waals surface area (Å²) in [5, 5.41) is 13.9. The number of carbonyl (C=O) groups is 7. The van der Waals surface area contributed by atoms with Gasteiger partial charge in [0.15, 0.2) is 0 Å². The first-order chi connectivity index (χ1) is 31.6. The predicted molar refractivity (Wildman–Crippen MR) is 260 cm³/mol. The maximum atomic E-state index is 13.7. The molecule has 0 heterocycles. The summed E-state index contributed by atoms with van der Waals surface area (Å²) in [6.07, 6.45) is 2.30. The number of anilines is 2. The summed E-state index contributed by atoms with van der Waals surface area (Å²) in [4.78, 5) is 91.5. The fourth-order valence-corrected chi connectivity index (χ4v) is 7.05. The molecule has 16 nitrogen and oxygen atoms in total. The van der Waals surface area contributed by atoms with Gasteiger partial charge in [-0.2, -0.15) is 0 Å². The number of hydrogen-bond acceptors (Lipinski definition) is 9. The van der Waals surface area contributed by atoms with Gasteiger partial charge in [-0.05, 0) is 71.6 Å². The molecule has 0 aliphatic carbocycles. The number of nitrogens with two attached hydrogens (primary N) is 1. The van der Waals surface area contributed by atoms with Crippen LogP contribution in [0.25, 0.3) is 6.08 Å². The molecule has 0 unspecified atom stereocenters. The number of benzene rings is 3. The van der Waals surface area contributed by atoms with Crippen LogP contribution in [0.4, 0.5) is 16.2 Å². The molecule has 0 saturated heterocycles. The number of esters is 1. The van der Waals surface area contributed by atoms with E-state index in [1.54, 1.807) is 49.1 Å². The van der Waals surface area contributed by atoms with E-state index >= 15 is 0 Å². The molecule has 67 heavy (non-hydrogen) atoms. The second-order valence-corrected chi connectivity index (χ2v) is 18.7. The number of carbonyl (C=O) groups excluding carboxylic acids is 7. The number of rotatable bonds is 27. The zero-order chi connectivity index (χ0) is 49.7. The van der Waals surface area contributed by atoms with Crippen molar-refractivity contribution >= 4 is 59.0 Å². The number of nitrogens with one attached hydrogen (secondary N) is 5. The lowest BCUT2D eigenvalue weighted by Gasteiger charge is -2.30. The molecule has 0 spiro atoms. The standard InChI is InChI=1S/C51H71N7O9/c1-10-38-17-12-13-18-39(38)29-58(42-20-14-11-16-35(42)4)45(62)26-25-43(60)54-31-51(8,9)33-66-32-50(6,7)28-44(61)57-46(34(2)3)48(64)56-41(19-15-27-53-49(52)65)47(63)55-40-23-21-37(22-24-40)30-67-36(5)59/h10-14,16-18,20-24,34,41,46H,1,15,19,25-33H2,2-9H3,(H,54,60)(H,55,63)(H,56,64)(H,57,61)(H3,52,53,65)/t41-,46-/m0/s1. The van der Waals surface area contributed by atoms with Crippen LogP contribution in [0.15, 0.2) is 79.4 Å². The first kappa shape index (κ1) is 54.8. The van der Waals surface area contributed by atoms with Crippen molar-refractivity contribution in [3.05, 3.63) is 102 Å². The van der Waals surface area contributed by atoms with Gasteiger partial charge in [-0.15, -0.1) is 0 Å². The Hall–Kier alpha value is -6.55. The first-order valence-electron chi connectivity index (χ1n) is 22.7. The minimum Gasteiger partial charge on any atom is -0.461 e. The topological polar surface area (TPSA) is 227 Å². The molecule has 0 aliphatic heterocycles. The van der Waals surface area contributed by atoms with Gasteiger partial charge in [-0.3, -0.25) is 28.8 Å². The van der Waals surface area contributed by atoms with Crippen LogP contribution in [0.5, 0.6) is 0 Å².